The quantitative estimate of drug-likeness (QED) is 0.300. The average molecular weight is 522 g/mol. The van der Waals surface area contributed by atoms with Crippen molar-refractivity contribution < 1.29 is 14.3 Å². The third-order valence-electron chi connectivity index (χ3n) is 6.55. The number of hydrogen-bond acceptors (Lipinski definition) is 7. The van der Waals surface area contributed by atoms with Crippen molar-refractivity contribution in [1.82, 2.24) is 15.3 Å². The summed E-state index contributed by atoms with van der Waals surface area (Å²) in [5.41, 5.74) is 1.53. The number of ether oxygens (including phenoxy) is 1. The van der Waals surface area contributed by atoms with Crippen LogP contribution in [0.5, 0.6) is 5.75 Å². The minimum atomic E-state index is -1.12. The Morgan fingerprint density at radius 3 is 2.68 bits per heavy atom. The van der Waals surface area contributed by atoms with Crippen LogP contribution in [0, 0.1) is 5.41 Å². The number of carbonyl (C=O) groups excluding carboxylic acids is 2. The minimum absolute atomic E-state index is 0.188. The summed E-state index contributed by atoms with van der Waals surface area (Å²) in [5, 5.41) is 4.60. The minimum Gasteiger partial charge on any atom is -0.493 e. The lowest BCUT2D eigenvalue weighted by Crippen LogP contribution is -2.47. The summed E-state index contributed by atoms with van der Waals surface area (Å²) in [4.78, 5) is 39.2. The van der Waals surface area contributed by atoms with Gasteiger partial charge in [0.1, 0.15) is 11.2 Å². The first kappa shape index (κ1) is 26.8. The normalized spacial score (nSPS) is 15.0. The van der Waals surface area contributed by atoms with Crippen LogP contribution in [0.2, 0.25) is 0 Å². The number of fused-ring (bicyclic) bond motifs is 1. The molecule has 1 N–H and O–H groups in total. The number of nitrogens with one attached hydrogen (secondary N) is 1. The van der Waals surface area contributed by atoms with Gasteiger partial charge in [0, 0.05) is 56.1 Å². The number of amides is 2. The highest BCUT2D eigenvalue weighted by Crippen LogP contribution is 2.40. The van der Waals surface area contributed by atoms with Crippen LogP contribution < -0.4 is 19.9 Å². The Bertz CT molecular complexity index is 1230. The molecule has 1 aliphatic heterocycles. The number of hydrogen-bond donors (Lipinski definition) is 1. The van der Waals surface area contributed by atoms with Crippen molar-refractivity contribution in [3.05, 3.63) is 64.4 Å². The van der Waals surface area contributed by atoms with Gasteiger partial charge in [0.25, 0.3) is 0 Å². The molecule has 0 aliphatic carbocycles. The van der Waals surface area contributed by atoms with E-state index in [4.69, 9.17) is 4.74 Å². The molecule has 3 aromatic rings. The van der Waals surface area contributed by atoms with Gasteiger partial charge in [-0.3, -0.25) is 14.6 Å². The van der Waals surface area contributed by atoms with Gasteiger partial charge in [-0.15, -0.1) is 11.3 Å². The second-order valence-corrected chi connectivity index (χ2v) is 10.8. The maximum atomic E-state index is 13.0. The maximum absolute atomic E-state index is 13.0. The van der Waals surface area contributed by atoms with Crippen LogP contribution in [-0.4, -0.2) is 48.5 Å². The summed E-state index contributed by atoms with van der Waals surface area (Å²) < 4.78 is 5.98. The zero-order valence-corrected chi connectivity index (χ0v) is 22.8. The second kappa shape index (κ2) is 11.8. The van der Waals surface area contributed by atoms with Gasteiger partial charge in [-0.1, -0.05) is 6.07 Å². The summed E-state index contributed by atoms with van der Waals surface area (Å²) in [6, 6.07) is 9.64. The molecule has 196 valence electrons. The van der Waals surface area contributed by atoms with Crippen LogP contribution >= 0.6 is 11.3 Å². The van der Waals surface area contributed by atoms with E-state index in [0.29, 0.717) is 24.6 Å². The first-order valence-electron chi connectivity index (χ1n) is 12.7. The summed E-state index contributed by atoms with van der Waals surface area (Å²) in [7, 11) is 1.72. The number of anilines is 2. The van der Waals surface area contributed by atoms with Gasteiger partial charge in [0.2, 0.25) is 11.8 Å². The van der Waals surface area contributed by atoms with Crippen molar-refractivity contribution >= 4 is 34.5 Å². The van der Waals surface area contributed by atoms with Gasteiger partial charge in [-0.25, -0.2) is 4.98 Å². The van der Waals surface area contributed by atoms with Gasteiger partial charge in [-0.2, -0.15) is 0 Å². The van der Waals surface area contributed by atoms with Gasteiger partial charge in [0.05, 0.1) is 23.0 Å². The average Bonchev–Trinajstić information content (AvgIpc) is 3.35. The molecule has 0 saturated carbocycles. The zero-order chi connectivity index (χ0) is 26.4. The summed E-state index contributed by atoms with van der Waals surface area (Å²) in [6.07, 6.45) is 8.36. The van der Waals surface area contributed by atoms with E-state index in [1.807, 2.05) is 43.6 Å². The highest BCUT2D eigenvalue weighted by Gasteiger charge is 2.45. The molecule has 3 heterocycles. The number of nitrogens with zero attached hydrogens (tertiary/aromatic N) is 4. The molecule has 0 atom stereocenters. The van der Waals surface area contributed by atoms with E-state index in [9.17, 15) is 9.59 Å². The van der Waals surface area contributed by atoms with E-state index in [-0.39, 0.29) is 11.8 Å². The molecule has 37 heavy (non-hydrogen) atoms. The SMILES string of the molecule is CCN1C(=O)C(C)(C)C(=O)N(C)c2cc(OCCCNCc3cnc(CCc4cccnc4)s3)ccc21. The molecule has 0 bridgehead atoms. The van der Waals surface area contributed by atoms with Gasteiger partial charge < -0.3 is 19.9 Å². The Morgan fingerprint density at radius 1 is 1.08 bits per heavy atom. The molecule has 0 unspecified atom stereocenters. The summed E-state index contributed by atoms with van der Waals surface area (Å²) >= 11 is 1.74. The molecule has 1 aliphatic rings. The van der Waals surface area contributed by atoms with Gasteiger partial charge in [-0.05, 0) is 63.9 Å². The van der Waals surface area contributed by atoms with Gasteiger partial charge >= 0.3 is 0 Å². The van der Waals surface area contributed by atoms with Crippen LogP contribution in [0.3, 0.4) is 0 Å². The van der Waals surface area contributed by atoms with Crippen molar-refractivity contribution in [3.63, 3.8) is 0 Å². The highest BCUT2D eigenvalue weighted by molar-refractivity contribution is 7.11. The van der Waals surface area contributed by atoms with E-state index < -0.39 is 5.41 Å². The van der Waals surface area contributed by atoms with Crippen molar-refractivity contribution in [3.8, 4) is 5.75 Å². The molecule has 4 rings (SSSR count). The predicted molar refractivity (Wildman–Crippen MR) is 147 cm³/mol. The lowest BCUT2D eigenvalue weighted by molar-refractivity contribution is -0.137. The number of benzene rings is 1. The first-order valence-corrected chi connectivity index (χ1v) is 13.5. The van der Waals surface area contributed by atoms with Crippen molar-refractivity contribution in [2.24, 2.45) is 5.41 Å². The Balaban J connectivity index is 1.24. The molecule has 0 spiro atoms. The van der Waals surface area contributed by atoms with Crippen LogP contribution in [0.15, 0.2) is 48.9 Å². The van der Waals surface area contributed by atoms with Crippen molar-refractivity contribution in [2.75, 3.05) is 36.5 Å². The smallest absolute Gasteiger partial charge is 0.242 e. The predicted octanol–water partition coefficient (Wildman–Crippen LogP) is 4.24. The molecule has 0 saturated heterocycles. The Labute approximate surface area is 222 Å². The topological polar surface area (TPSA) is 87.7 Å². The standard InChI is InChI=1S/C28H35N5O3S/c1-5-33-23-11-10-21(16-24(23)32(4)26(34)28(2,3)27(33)35)36-15-7-14-30-18-22-19-31-25(37-22)12-9-20-8-6-13-29-17-20/h6,8,10-11,13,16-17,19,30H,5,7,9,12,14-15,18H2,1-4H3. The zero-order valence-electron chi connectivity index (χ0n) is 22.0. The molecule has 2 aromatic heterocycles. The maximum Gasteiger partial charge on any atom is 0.242 e. The van der Waals surface area contributed by atoms with Crippen LogP contribution in [0.1, 0.15) is 42.6 Å². The van der Waals surface area contributed by atoms with Crippen molar-refractivity contribution in [1.29, 1.82) is 0 Å². The molecule has 8 nitrogen and oxygen atoms in total. The van der Waals surface area contributed by atoms with Crippen LogP contribution in [-0.2, 0) is 29.0 Å². The summed E-state index contributed by atoms with van der Waals surface area (Å²) in [6.45, 7) is 7.93. The van der Waals surface area contributed by atoms with E-state index in [2.05, 4.69) is 21.4 Å². The molecule has 1 aromatic carbocycles. The molecule has 2 amide bonds. The fourth-order valence-electron chi connectivity index (χ4n) is 4.41. The number of carbonyl (C=O) groups is 2. The third-order valence-corrected chi connectivity index (χ3v) is 7.61. The lowest BCUT2D eigenvalue weighted by atomic mass is 9.90. The van der Waals surface area contributed by atoms with Gasteiger partial charge in [0.15, 0.2) is 0 Å². The molecular weight excluding hydrogens is 486 g/mol. The fraction of sp³-hybridized carbons (Fsp3) is 0.429. The first-order chi connectivity index (χ1) is 17.8. The molecule has 9 heteroatoms. The van der Waals surface area contributed by atoms with Crippen LogP contribution in [0.25, 0.3) is 0 Å². The summed E-state index contributed by atoms with van der Waals surface area (Å²) in [5.74, 6) is 0.272. The van der Waals surface area contributed by atoms with E-state index in [0.717, 1.165) is 43.0 Å². The molecule has 0 radical (unpaired) electrons. The Hall–Kier alpha value is -3.30. The number of pyridine rings is 1. The molecular formula is C28H35N5O3S. The molecule has 0 fully saturated rings. The third kappa shape index (κ3) is 6.17. The van der Waals surface area contributed by atoms with E-state index in [1.54, 1.807) is 48.2 Å². The highest BCUT2D eigenvalue weighted by atomic mass is 32.1. The fourth-order valence-corrected chi connectivity index (χ4v) is 5.30. The number of thiazole rings is 1. The number of rotatable bonds is 11. The number of aryl methyl sites for hydroxylation is 2. The second-order valence-electron chi connectivity index (χ2n) is 9.65. The number of aromatic nitrogens is 2. The van der Waals surface area contributed by atoms with Crippen LogP contribution in [0.4, 0.5) is 11.4 Å². The Morgan fingerprint density at radius 2 is 1.92 bits per heavy atom. The Kier molecular flexibility index (Phi) is 8.56. The van der Waals surface area contributed by atoms with E-state index >= 15 is 0 Å². The lowest BCUT2D eigenvalue weighted by Gasteiger charge is -2.27. The largest absolute Gasteiger partial charge is 0.493 e. The monoisotopic (exact) mass is 521 g/mol. The van der Waals surface area contributed by atoms with E-state index in [1.165, 1.54) is 10.4 Å². The van der Waals surface area contributed by atoms with Crippen molar-refractivity contribution in [2.45, 2.75) is 46.6 Å².